The summed E-state index contributed by atoms with van der Waals surface area (Å²) in [5, 5.41) is 7.19. The van der Waals surface area contributed by atoms with E-state index in [4.69, 9.17) is 14.2 Å². The van der Waals surface area contributed by atoms with Crippen LogP contribution in [0, 0.1) is 0 Å². The summed E-state index contributed by atoms with van der Waals surface area (Å²) in [6.45, 7) is 4.58. The maximum atomic E-state index is 12.4. The zero-order chi connectivity index (χ0) is 22.9. The van der Waals surface area contributed by atoms with Crippen molar-refractivity contribution < 1.29 is 19.0 Å². The van der Waals surface area contributed by atoms with Gasteiger partial charge in [-0.3, -0.25) is 9.59 Å². The van der Waals surface area contributed by atoms with Gasteiger partial charge < -0.3 is 19.5 Å². The van der Waals surface area contributed by atoms with Crippen LogP contribution in [0.3, 0.4) is 0 Å². The van der Waals surface area contributed by atoms with Gasteiger partial charge in [-0.1, -0.05) is 18.2 Å². The summed E-state index contributed by atoms with van der Waals surface area (Å²) in [4.78, 5) is 24.6. The molecule has 0 spiro atoms. The predicted octanol–water partition coefficient (Wildman–Crippen LogP) is 2.90. The van der Waals surface area contributed by atoms with E-state index in [-0.39, 0.29) is 24.6 Å². The van der Waals surface area contributed by atoms with Gasteiger partial charge in [-0.2, -0.15) is 5.10 Å². The number of nitrogens with zero attached hydrogens (tertiary/aromatic N) is 2. The molecule has 0 radical (unpaired) electrons. The van der Waals surface area contributed by atoms with Crippen LogP contribution in [-0.4, -0.2) is 42.1 Å². The summed E-state index contributed by atoms with van der Waals surface area (Å²) in [6.07, 6.45) is -0.709. The summed E-state index contributed by atoms with van der Waals surface area (Å²) < 4.78 is 17.7. The first-order valence-electron chi connectivity index (χ1n) is 10.4. The third-order valence-corrected chi connectivity index (χ3v) is 4.65. The summed E-state index contributed by atoms with van der Waals surface area (Å²) in [7, 11) is 1.59. The molecule has 1 N–H and O–H groups in total. The van der Waals surface area contributed by atoms with Crippen LogP contribution >= 0.6 is 0 Å². The van der Waals surface area contributed by atoms with Crippen molar-refractivity contribution in [1.82, 2.24) is 15.1 Å². The fraction of sp³-hybridized carbons (Fsp3) is 0.292. The maximum absolute atomic E-state index is 12.4. The Morgan fingerprint density at radius 1 is 1.06 bits per heavy atom. The molecule has 0 fully saturated rings. The Morgan fingerprint density at radius 2 is 1.81 bits per heavy atom. The van der Waals surface area contributed by atoms with Gasteiger partial charge in [0.05, 0.1) is 26.0 Å². The van der Waals surface area contributed by atoms with Crippen molar-refractivity contribution in [1.29, 1.82) is 0 Å². The van der Waals surface area contributed by atoms with Crippen molar-refractivity contribution in [3.8, 4) is 28.5 Å². The number of benzene rings is 2. The molecule has 8 nitrogen and oxygen atoms in total. The molecular formula is C24H27N3O5. The summed E-state index contributed by atoms with van der Waals surface area (Å²) in [5.41, 5.74) is 1.22. The first-order chi connectivity index (χ1) is 15.5. The van der Waals surface area contributed by atoms with E-state index >= 15 is 0 Å². The smallest absolute Gasteiger partial charge is 0.266 e. The average molecular weight is 437 g/mol. The van der Waals surface area contributed by atoms with Crippen molar-refractivity contribution in [2.45, 2.75) is 26.5 Å². The molecule has 8 heteroatoms. The molecule has 3 aromatic rings. The number of ether oxygens (including phenoxy) is 3. The van der Waals surface area contributed by atoms with E-state index in [1.54, 1.807) is 38.3 Å². The quantitative estimate of drug-likeness (QED) is 0.524. The molecule has 32 heavy (non-hydrogen) atoms. The zero-order valence-electron chi connectivity index (χ0n) is 18.4. The van der Waals surface area contributed by atoms with Crippen molar-refractivity contribution in [2.24, 2.45) is 0 Å². The fourth-order valence-electron chi connectivity index (χ4n) is 3.04. The third kappa shape index (κ3) is 6.10. The Bertz CT molecular complexity index is 1110. The van der Waals surface area contributed by atoms with E-state index in [1.807, 2.05) is 37.3 Å². The van der Waals surface area contributed by atoms with Crippen LogP contribution in [0.5, 0.6) is 17.2 Å². The number of aromatic nitrogens is 2. The number of methoxy groups -OCH3 is 1. The number of carbonyl (C=O) groups excluding carboxylic acids is 1. The van der Waals surface area contributed by atoms with Crippen molar-refractivity contribution in [2.75, 3.05) is 20.3 Å². The molecule has 0 saturated carbocycles. The van der Waals surface area contributed by atoms with Gasteiger partial charge in [0.25, 0.3) is 11.5 Å². The van der Waals surface area contributed by atoms with E-state index < -0.39 is 6.10 Å². The molecule has 0 saturated heterocycles. The minimum atomic E-state index is -0.709. The number of amides is 1. The van der Waals surface area contributed by atoms with Crippen LogP contribution in [0.15, 0.2) is 65.5 Å². The van der Waals surface area contributed by atoms with Gasteiger partial charge in [-0.05, 0) is 44.2 Å². The molecule has 0 aliphatic rings. The molecule has 2 aromatic carbocycles. The van der Waals surface area contributed by atoms with Crippen LogP contribution in [0.2, 0.25) is 0 Å². The lowest BCUT2D eigenvalue weighted by Gasteiger charge is -2.15. The number of nitrogens with one attached hydrogen (secondary N) is 1. The Kier molecular flexibility index (Phi) is 7.85. The normalized spacial score (nSPS) is 11.5. The number of hydrogen-bond donors (Lipinski definition) is 1. The first-order valence-corrected chi connectivity index (χ1v) is 10.4. The van der Waals surface area contributed by atoms with Crippen molar-refractivity contribution in [3.05, 3.63) is 71.0 Å². The van der Waals surface area contributed by atoms with E-state index in [9.17, 15) is 9.59 Å². The topological polar surface area (TPSA) is 91.7 Å². The molecule has 0 aliphatic heterocycles. The van der Waals surface area contributed by atoms with Gasteiger partial charge in [0.2, 0.25) is 0 Å². The largest absolute Gasteiger partial charge is 0.497 e. The summed E-state index contributed by atoms with van der Waals surface area (Å²) in [5.74, 6) is 1.64. The van der Waals surface area contributed by atoms with E-state index in [0.717, 1.165) is 5.56 Å². The predicted molar refractivity (Wildman–Crippen MR) is 121 cm³/mol. The summed E-state index contributed by atoms with van der Waals surface area (Å²) in [6, 6.07) is 17.7. The minimum absolute atomic E-state index is 0.231. The lowest BCUT2D eigenvalue weighted by atomic mass is 10.1. The van der Waals surface area contributed by atoms with Crippen LogP contribution in [0.1, 0.15) is 13.8 Å². The SMILES string of the molecule is CCOc1cccc(OC(C)C(=O)NCCn2nc(-c3cccc(OC)c3)ccc2=O)c1. The van der Waals surface area contributed by atoms with Crippen LogP contribution in [0.25, 0.3) is 11.3 Å². The van der Waals surface area contributed by atoms with Gasteiger partial charge in [0.15, 0.2) is 6.10 Å². The molecule has 0 bridgehead atoms. The monoisotopic (exact) mass is 437 g/mol. The van der Waals surface area contributed by atoms with Gasteiger partial charge in [-0.25, -0.2) is 4.68 Å². The van der Waals surface area contributed by atoms with E-state index in [2.05, 4.69) is 10.4 Å². The summed E-state index contributed by atoms with van der Waals surface area (Å²) >= 11 is 0. The lowest BCUT2D eigenvalue weighted by molar-refractivity contribution is -0.127. The third-order valence-electron chi connectivity index (χ3n) is 4.65. The van der Waals surface area contributed by atoms with E-state index in [0.29, 0.717) is 29.5 Å². The maximum Gasteiger partial charge on any atom is 0.266 e. The molecule has 1 amide bonds. The lowest BCUT2D eigenvalue weighted by Crippen LogP contribution is -2.39. The highest BCUT2D eigenvalue weighted by Gasteiger charge is 2.15. The highest BCUT2D eigenvalue weighted by Crippen LogP contribution is 2.21. The second-order valence-corrected chi connectivity index (χ2v) is 6.97. The van der Waals surface area contributed by atoms with Gasteiger partial charge >= 0.3 is 0 Å². The van der Waals surface area contributed by atoms with Crippen LogP contribution in [0.4, 0.5) is 0 Å². The van der Waals surface area contributed by atoms with Crippen molar-refractivity contribution >= 4 is 5.91 Å². The zero-order valence-corrected chi connectivity index (χ0v) is 18.4. The van der Waals surface area contributed by atoms with E-state index in [1.165, 1.54) is 10.7 Å². The molecule has 0 aliphatic carbocycles. The molecule has 1 unspecified atom stereocenters. The molecule has 1 aromatic heterocycles. The molecule has 3 rings (SSSR count). The van der Waals surface area contributed by atoms with Gasteiger partial charge in [-0.15, -0.1) is 0 Å². The molecule has 1 atom stereocenters. The number of rotatable bonds is 10. The number of hydrogen-bond acceptors (Lipinski definition) is 6. The molecule has 1 heterocycles. The van der Waals surface area contributed by atoms with Crippen LogP contribution in [-0.2, 0) is 11.3 Å². The molecule has 168 valence electrons. The Morgan fingerprint density at radius 3 is 2.59 bits per heavy atom. The second-order valence-electron chi connectivity index (χ2n) is 6.97. The first kappa shape index (κ1) is 22.9. The highest BCUT2D eigenvalue weighted by atomic mass is 16.5. The van der Waals surface area contributed by atoms with Gasteiger partial charge in [0, 0.05) is 24.2 Å². The fourth-order valence-corrected chi connectivity index (χ4v) is 3.04. The average Bonchev–Trinajstić information content (AvgIpc) is 2.80. The van der Waals surface area contributed by atoms with Gasteiger partial charge in [0.1, 0.15) is 17.2 Å². The Labute approximate surface area is 186 Å². The minimum Gasteiger partial charge on any atom is -0.497 e. The molecular weight excluding hydrogens is 410 g/mol. The highest BCUT2D eigenvalue weighted by molar-refractivity contribution is 5.80. The van der Waals surface area contributed by atoms with Crippen molar-refractivity contribution in [3.63, 3.8) is 0 Å². The second kappa shape index (κ2) is 11.0. The Hall–Kier alpha value is -3.81. The Balaban J connectivity index is 1.58. The van der Waals surface area contributed by atoms with Crippen LogP contribution < -0.4 is 25.1 Å². The number of carbonyl (C=O) groups is 1. The standard InChI is InChI=1S/C24H27N3O5/c1-4-31-20-9-6-10-21(16-20)32-17(2)24(29)25-13-14-27-23(28)12-11-22(26-27)18-7-5-8-19(15-18)30-3/h5-12,15-17H,4,13-14H2,1-3H3,(H,25,29).